The van der Waals surface area contributed by atoms with Gasteiger partial charge in [-0.05, 0) is 53.6 Å². The third-order valence-electron chi connectivity index (χ3n) is 4.72. The van der Waals surface area contributed by atoms with E-state index in [0.29, 0.717) is 17.1 Å². The number of carbonyl (C=O) groups excluding carboxylic acids is 1. The number of methoxy groups -OCH3 is 1. The molecule has 6 heteroatoms. The number of H-pyrrole nitrogens is 1. The third kappa shape index (κ3) is 3.87. The van der Waals surface area contributed by atoms with Crippen molar-refractivity contribution in [2.45, 2.75) is 6.92 Å². The van der Waals surface area contributed by atoms with E-state index in [0.717, 1.165) is 27.6 Å². The summed E-state index contributed by atoms with van der Waals surface area (Å²) in [6.07, 6.45) is 0. The molecule has 0 spiro atoms. The van der Waals surface area contributed by atoms with Crippen LogP contribution in [0.2, 0.25) is 0 Å². The second-order valence-corrected chi connectivity index (χ2v) is 6.56. The van der Waals surface area contributed by atoms with Gasteiger partial charge >= 0.3 is 0 Å². The lowest BCUT2D eigenvalue weighted by molar-refractivity contribution is 0.0950. The van der Waals surface area contributed by atoms with Crippen molar-refractivity contribution in [3.05, 3.63) is 84.1 Å². The topological polar surface area (TPSA) is 79.4 Å². The van der Waals surface area contributed by atoms with Crippen LogP contribution < -0.4 is 10.2 Å². The molecule has 4 rings (SSSR count). The fourth-order valence-electron chi connectivity index (χ4n) is 3.12. The highest BCUT2D eigenvalue weighted by molar-refractivity contribution is 6.01. The number of rotatable bonds is 5. The van der Waals surface area contributed by atoms with Crippen molar-refractivity contribution < 1.29 is 9.53 Å². The fraction of sp³-hybridized carbons (Fsp3) is 0.0870. The predicted octanol–water partition coefficient (Wildman–Crippen LogP) is 4.39. The van der Waals surface area contributed by atoms with Crippen molar-refractivity contribution in [2.24, 2.45) is 5.10 Å². The Bertz CT molecular complexity index is 1190. The number of hydrogen-bond donors (Lipinski definition) is 2. The summed E-state index contributed by atoms with van der Waals surface area (Å²) in [4.78, 5) is 12.5. The number of hydrazone groups is 1. The van der Waals surface area contributed by atoms with E-state index < -0.39 is 0 Å². The molecule has 0 radical (unpaired) electrons. The largest absolute Gasteiger partial charge is 0.497 e. The molecule has 144 valence electrons. The Morgan fingerprint density at radius 3 is 2.59 bits per heavy atom. The van der Waals surface area contributed by atoms with Crippen molar-refractivity contribution in [2.75, 3.05) is 7.11 Å². The van der Waals surface area contributed by atoms with Gasteiger partial charge in [-0.1, -0.05) is 42.5 Å². The van der Waals surface area contributed by atoms with E-state index in [1.54, 1.807) is 13.2 Å². The SMILES string of the molecule is COc1ccc(/C(C)=N\NC(=O)c2cc(-c3cccc4ccccc34)n[nH]2)cc1. The second-order valence-electron chi connectivity index (χ2n) is 6.56. The molecule has 0 aliphatic heterocycles. The number of carbonyl (C=O) groups is 1. The molecule has 0 atom stereocenters. The standard InChI is InChI=1S/C23H20N4O2/c1-15(16-10-12-18(29-2)13-11-16)24-27-23(28)22-14-21(25-26-22)20-9-5-7-17-6-3-4-8-19(17)20/h3-14H,1-2H3,(H,25,26)(H,27,28)/b24-15-. The van der Waals surface area contributed by atoms with Crippen molar-refractivity contribution >= 4 is 22.4 Å². The molecule has 3 aromatic carbocycles. The molecule has 0 saturated carbocycles. The quantitative estimate of drug-likeness (QED) is 0.396. The molecule has 0 aliphatic rings. The third-order valence-corrected chi connectivity index (χ3v) is 4.72. The highest BCUT2D eigenvalue weighted by atomic mass is 16.5. The van der Waals surface area contributed by atoms with E-state index in [1.807, 2.05) is 61.5 Å². The van der Waals surface area contributed by atoms with E-state index in [4.69, 9.17) is 4.74 Å². The number of nitrogens with zero attached hydrogens (tertiary/aromatic N) is 2. The maximum atomic E-state index is 12.5. The molecule has 1 aromatic heterocycles. The monoisotopic (exact) mass is 384 g/mol. The van der Waals surface area contributed by atoms with Crippen LogP contribution in [-0.4, -0.2) is 28.9 Å². The average Bonchev–Trinajstić information content (AvgIpc) is 3.27. The van der Waals surface area contributed by atoms with Crippen LogP contribution in [0.1, 0.15) is 23.0 Å². The lowest BCUT2D eigenvalue weighted by Gasteiger charge is -2.04. The van der Waals surface area contributed by atoms with Gasteiger partial charge in [0.2, 0.25) is 0 Å². The first-order chi connectivity index (χ1) is 14.2. The zero-order valence-corrected chi connectivity index (χ0v) is 16.1. The molecule has 29 heavy (non-hydrogen) atoms. The summed E-state index contributed by atoms with van der Waals surface area (Å²) in [6.45, 7) is 1.83. The van der Waals surface area contributed by atoms with Crippen LogP contribution in [0.15, 0.2) is 77.9 Å². The van der Waals surface area contributed by atoms with Gasteiger partial charge in [0.15, 0.2) is 0 Å². The number of ether oxygens (including phenoxy) is 1. The van der Waals surface area contributed by atoms with Gasteiger partial charge < -0.3 is 4.74 Å². The summed E-state index contributed by atoms with van der Waals surface area (Å²) >= 11 is 0. The van der Waals surface area contributed by atoms with Crippen LogP contribution in [0.3, 0.4) is 0 Å². The lowest BCUT2D eigenvalue weighted by atomic mass is 10.0. The molecule has 0 fully saturated rings. The number of benzene rings is 3. The van der Waals surface area contributed by atoms with Crippen LogP contribution >= 0.6 is 0 Å². The first kappa shape index (κ1) is 18.4. The zero-order valence-electron chi connectivity index (χ0n) is 16.1. The van der Waals surface area contributed by atoms with E-state index in [2.05, 4.69) is 32.9 Å². The molecule has 0 unspecified atom stereocenters. The first-order valence-corrected chi connectivity index (χ1v) is 9.18. The Balaban J connectivity index is 1.52. The fourth-order valence-corrected chi connectivity index (χ4v) is 3.12. The highest BCUT2D eigenvalue weighted by Gasteiger charge is 2.12. The van der Waals surface area contributed by atoms with Gasteiger partial charge in [-0.25, -0.2) is 5.43 Å². The summed E-state index contributed by atoms with van der Waals surface area (Å²) in [7, 11) is 1.62. The van der Waals surface area contributed by atoms with Gasteiger partial charge in [-0.2, -0.15) is 10.2 Å². The molecule has 0 aliphatic carbocycles. The summed E-state index contributed by atoms with van der Waals surface area (Å²) < 4.78 is 5.15. The molecule has 1 amide bonds. The Hall–Kier alpha value is -3.93. The molecular weight excluding hydrogens is 364 g/mol. The smallest absolute Gasteiger partial charge is 0.289 e. The van der Waals surface area contributed by atoms with Crippen molar-refractivity contribution in [1.82, 2.24) is 15.6 Å². The summed E-state index contributed by atoms with van der Waals surface area (Å²) in [5, 5.41) is 13.5. The van der Waals surface area contributed by atoms with Gasteiger partial charge in [0.1, 0.15) is 11.4 Å². The highest BCUT2D eigenvalue weighted by Crippen LogP contribution is 2.27. The molecule has 6 nitrogen and oxygen atoms in total. The number of aromatic nitrogens is 2. The molecule has 0 saturated heterocycles. The normalized spacial score (nSPS) is 11.4. The maximum Gasteiger partial charge on any atom is 0.289 e. The number of aromatic amines is 1. The van der Waals surface area contributed by atoms with E-state index >= 15 is 0 Å². The molecule has 2 N–H and O–H groups in total. The Morgan fingerprint density at radius 2 is 1.79 bits per heavy atom. The first-order valence-electron chi connectivity index (χ1n) is 9.18. The van der Waals surface area contributed by atoms with E-state index in [9.17, 15) is 4.79 Å². The number of fused-ring (bicyclic) bond motifs is 1. The Morgan fingerprint density at radius 1 is 1.03 bits per heavy atom. The Kier molecular flexibility index (Phi) is 5.07. The summed E-state index contributed by atoms with van der Waals surface area (Å²) in [5.74, 6) is 0.417. The van der Waals surface area contributed by atoms with Crippen LogP contribution in [0.25, 0.3) is 22.0 Å². The average molecular weight is 384 g/mol. The summed E-state index contributed by atoms with van der Waals surface area (Å²) in [5.41, 5.74) is 6.19. The molecule has 1 heterocycles. The van der Waals surface area contributed by atoms with E-state index in [1.165, 1.54) is 0 Å². The number of hydrogen-bond acceptors (Lipinski definition) is 4. The van der Waals surface area contributed by atoms with Gasteiger partial charge in [0.25, 0.3) is 5.91 Å². The Labute approximate surface area is 168 Å². The minimum atomic E-state index is -0.350. The summed E-state index contributed by atoms with van der Waals surface area (Å²) in [6, 6.07) is 23.3. The van der Waals surface area contributed by atoms with Crippen molar-refractivity contribution in [3.63, 3.8) is 0 Å². The maximum absolute atomic E-state index is 12.5. The van der Waals surface area contributed by atoms with Crippen LogP contribution in [0.4, 0.5) is 0 Å². The zero-order chi connectivity index (χ0) is 20.2. The second kappa shape index (κ2) is 7.98. The molecule has 4 aromatic rings. The van der Waals surface area contributed by atoms with Crippen LogP contribution in [0.5, 0.6) is 5.75 Å². The van der Waals surface area contributed by atoms with Gasteiger partial charge in [0.05, 0.1) is 18.5 Å². The van der Waals surface area contributed by atoms with Crippen molar-refractivity contribution in [1.29, 1.82) is 0 Å². The van der Waals surface area contributed by atoms with Gasteiger partial charge in [-0.3, -0.25) is 9.89 Å². The van der Waals surface area contributed by atoms with Gasteiger partial charge in [-0.15, -0.1) is 0 Å². The molecular formula is C23H20N4O2. The molecule has 0 bridgehead atoms. The predicted molar refractivity (Wildman–Crippen MR) is 114 cm³/mol. The van der Waals surface area contributed by atoms with Gasteiger partial charge in [0, 0.05) is 5.56 Å². The van der Waals surface area contributed by atoms with Crippen molar-refractivity contribution in [3.8, 4) is 17.0 Å². The van der Waals surface area contributed by atoms with E-state index in [-0.39, 0.29) is 5.91 Å². The number of amides is 1. The number of nitrogens with one attached hydrogen (secondary N) is 2. The minimum Gasteiger partial charge on any atom is -0.497 e. The van der Waals surface area contributed by atoms with Crippen LogP contribution in [-0.2, 0) is 0 Å². The van der Waals surface area contributed by atoms with Crippen LogP contribution in [0, 0.1) is 0 Å². The minimum absolute atomic E-state index is 0.346. The lowest BCUT2D eigenvalue weighted by Crippen LogP contribution is -2.19.